The Morgan fingerprint density at radius 1 is 1.33 bits per heavy atom. The fourth-order valence-electron chi connectivity index (χ4n) is 4.92. The molecule has 116 valence electrons. The van der Waals surface area contributed by atoms with Crippen LogP contribution in [0, 0.1) is 17.8 Å². The van der Waals surface area contributed by atoms with Crippen molar-refractivity contribution < 1.29 is 19.0 Å². The zero-order valence-electron chi connectivity index (χ0n) is 12.6. The fraction of sp³-hybridized carbons (Fsp3) is 0.824. The van der Waals surface area contributed by atoms with Crippen molar-refractivity contribution in [3.8, 4) is 0 Å². The highest BCUT2D eigenvalue weighted by atomic mass is 16.7. The molecule has 0 N–H and O–H groups in total. The molecule has 2 aliphatic heterocycles. The van der Waals surface area contributed by atoms with Gasteiger partial charge in [0.15, 0.2) is 6.79 Å². The monoisotopic (exact) mass is 292 g/mol. The van der Waals surface area contributed by atoms with Crippen LogP contribution in [0.25, 0.3) is 0 Å². The number of hydrogen-bond acceptors (Lipinski definition) is 4. The van der Waals surface area contributed by atoms with Gasteiger partial charge in [-0.1, -0.05) is 19.1 Å². The molecule has 4 nitrogen and oxygen atoms in total. The topological polar surface area (TPSA) is 44.8 Å². The van der Waals surface area contributed by atoms with Crippen LogP contribution in [-0.4, -0.2) is 30.6 Å². The van der Waals surface area contributed by atoms with Gasteiger partial charge >= 0.3 is 5.97 Å². The van der Waals surface area contributed by atoms with Gasteiger partial charge < -0.3 is 14.2 Å². The Labute approximate surface area is 125 Å². The van der Waals surface area contributed by atoms with Crippen LogP contribution >= 0.6 is 0 Å². The molecular formula is C17H24O4. The Kier molecular flexibility index (Phi) is 3.34. The third-order valence-corrected chi connectivity index (χ3v) is 6.10. The molecule has 1 saturated heterocycles. The van der Waals surface area contributed by atoms with E-state index in [9.17, 15) is 4.79 Å². The van der Waals surface area contributed by atoms with E-state index >= 15 is 0 Å². The third-order valence-electron chi connectivity index (χ3n) is 6.10. The predicted molar refractivity (Wildman–Crippen MR) is 76.4 cm³/mol. The molecule has 0 radical (unpaired) electrons. The van der Waals surface area contributed by atoms with Crippen molar-refractivity contribution in [2.75, 3.05) is 6.79 Å². The second-order valence-electron chi connectivity index (χ2n) is 7.09. The number of fused-ring (bicyclic) bond motifs is 4. The minimum atomic E-state index is -0.166. The highest BCUT2D eigenvalue weighted by molar-refractivity contribution is 5.74. The molecule has 4 rings (SSSR count). The largest absolute Gasteiger partial charge is 0.438 e. The van der Waals surface area contributed by atoms with Crippen molar-refractivity contribution in [3.05, 3.63) is 12.2 Å². The van der Waals surface area contributed by atoms with Gasteiger partial charge in [-0.25, -0.2) is 0 Å². The van der Waals surface area contributed by atoms with E-state index in [0.29, 0.717) is 5.92 Å². The Hall–Kier alpha value is -0.870. The summed E-state index contributed by atoms with van der Waals surface area (Å²) in [5.41, 5.74) is -0.0335. The summed E-state index contributed by atoms with van der Waals surface area (Å²) in [6.07, 6.45) is 10.9. The summed E-state index contributed by atoms with van der Waals surface area (Å²) in [5, 5.41) is 0. The van der Waals surface area contributed by atoms with Gasteiger partial charge in [-0.15, -0.1) is 0 Å². The fourth-order valence-corrected chi connectivity index (χ4v) is 4.92. The van der Waals surface area contributed by atoms with Crippen LogP contribution < -0.4 is 0 Å². The summed E-state index contributed by atoms with van der Waals surface area (Å²) >= 11 is 0. The first-order chi connectivity index (χ1) is 10.2. The quantitative estimate of drug-likeness (QED) is 0.444. The van der Waals surface area contributed by atoms with Gasteiger partial charge in [0.2, 0.25) is 0 Å². The van der Waals surface area contributed by atoms with Crippen molar-refractivity contribution in [2.24, 2.45) is 17.8 Å². The minimum Gasteiger partial charge on any atom is -0.438 e. The van der Waals surface area contributed by atoms with Crippen molar-refractivity contribution >= 4 is 5.97 Å². The van der Waals surface area contributed by atoms with Crippen molar-refractivity contribution in [1.29, 1.82) is 0 Å². The van der Waals surface area contributed by atoms with Crippen LogP contribution in [0.3, 0.4) is 0 Å². The summed E-state index contributed by atoms with van der Waals surface area (Å²) in [7, 11) is 0. The normalized spacial score (nSPS) is 46.4. The lowest BCUT2D eigenvalue weighted by molar-refractivity contribution is -0.187. The third kappa shape index (κ3) is 2.23. The second-order valence-corrected chi connectivity index (χ2v) is 7.09. The molecule has 2 heterocycles. The Balaban J connectivity index is 1.29. The average molecular weight is 292 g/mol. The van der Waals surface area contributed by atoms with Gasteiger partial charge in [-0.2, -0.15) is 0 Å². The van der Waals surface area contributed by atoms with E-state index in [4.69, 9.17) is 14.2 Å². The van der Waals surface area contributed by atoms with Gasteiger partial charge in [-0.3, -0.25) is 4.79 Å². The maximum Gasteiger partial charge on any atom is 0.314 e. The molecule has 4 bridgehead atoms. The number of rotatable bonds is 5. The van der Waals surface area contributed by atoms with Crippen LogP contribution in [0.15, 0.2) is 12.2 Å². The molecule has 2 saturated carbocycles. The van der Waals surface area contributed by atoms with Crippen LogP contribution in [-0.2, 0) is 19.0 Å². The lowest BCUT2D eigenvalue weighted by Crippen LogP contribution is -2.39. The molecule has 2 aliphatic carbocycles. The molecule has 6 unspecified atom stereocenters. The average Bonchev–Trinajstić information content (AvgIpc) is 3.26. The Morgan fingerprint density at radius 3 is 2.81 bits per heavy atom. The summed E-state index contributed by atoms with van der Waals surface area (Å²) in [4.78, 5) is 12.1. The first-order valence-electron chi connectivity index (χ1n) is 8.34. The van der Waals surface area contributed by atoms with E-state index in [-0.39, 0.29) is 36.5 Å². The van der Waals surface area contributed by atoms with Crippen LogP contribution in [0.1, 0.15) is 45.4 Å². The van der Waals surface area contributed by atoms with Gasteiger partial charge in [-0.05, 0) is 50.4 Å². The van der Waals surface area contributed by atoms with Crippen LogP contribution in [0.2, 0.25) is 0 Å². The molecule has 3 fully saturated rings. The molecule has 0 amide bonds. The van der Waals surface area contributed by atoms with Crippen molar-refractivity contribution in [1.82, 2.24) is 0 Å². The van der Waals surface area contributed by atoms with Crippen LogP contribution in [0.5, 0.6) is 0 Å². The van der Waals surface area contributed by atoms with Crippen molar-refractivity contribution in [3.63, 3.8) is 0 Å². The number of carbonyl (C=O) groups excluding carboxylic acids is 1. The lowest BCUT2D eigenvalue weighted by atomic mass is 9.82. The number of ether oxygens (including phenoxy) is 3. The van der Waals surface area contributed by atoms with E-state index in [2.05, 4.69) is 6.92 Å². The van der Waals surface area contributed by atoms with E-state index in [0.717, 1.165) is 25.2 Å². The highest BCUT2D eigenvalue weighted by Crippen LogP contribution is 2.54. The molecule has 0 aromatic carbocycles. The smallest absolute Gasteiger partial charge is 0.314 e. The summed E-state index contributed by atoms with van der Waals surface area (Å²) in [6, 6.07) is 0. The SMILES string of the molecule is CCC1(OCOC(=O)C2CC3C=CC2O3)CC2CCC1C2. The highest BCUT2D eigenvalue weighted by Gasteiger charge is 2.51. The molecule has 4 heteroatoms. The second kappa shape index (κ2) is 5.10. The molecule has 6 atom stereocenters. The Morgan fingerprint density at radius 2 is 2.24 bits per heavy atom. The molecule has 21 heavy (non-hydrogen) atoms. The van der Waals surface area contributed by atoms with E-state index in [1.807, 2.05) is 12.2 Å². The van der Waals surface area contributed by atoms with Gasteiger partial charge in [0.1, 0.15) is 0 Å². The molecule has 0 spiro atoms. The van der Waals surface area contributed by atoms with E-state index in [1.54, 1.807) is 0 Å². The summed E-state index contributed by atoms with van der Waals surface area (Å²) < 4.78 is 17.1. The standard InChI is InChI=1S/C17H24O4/c1-2-17(9-11-3-4-12(17)7-11)20-10-19-16(18)14-8-13-5-6-15(14)21-13/h5-6,11-15H,2-4,7-10H2,1H3. The Bertz CT molecular complexity index is 460. The molecule has 0 aromatic heterocycles. The molecule has 4 aliphatic rings. The van der Waals surface area contributed by atoms with E-state index in [1.165, 1.54) is 19.3 Å². The predicted octanol–water partition coefficient (Wildman–Crippen LogP) is 2.82. The maximum atomic E-state index is 12.1. The zero-order valence-corrected chi connectivity index (χ0v) is 12.6. The molecule has 0 aromatic rings. The first kappa shape index (κ1) is 13.8. The summed E-state index contributed by atoms with van der Waals surface area (Å²) in [5.74, 6) is 1.19. The number of hydrogen-bond donors (Lipinski definition) is 0. The van der Waals surface area contributed by atoms with Gasteiger partial charge in [0, 0.05) is 0 Å². The summed E-state index contributed by atoms with van der Waals surface area (Å²) in [6.45, 7) is 2.30. The maximum absolute atomic E-state index is 12.1. The van der Waals surface area contributed by atoms with E-state index < -0.39 is 0 Å². The number of esters is 1. The number of carbonyl (C=O) groups is 1. The zero-order chi connectivity index (χ0) is 14.4. The lowest BCUT2D eigenvalue weighted by Gasteiger charge is -2.36. The van der Waals surface area contributed by atoms with Crippen molar-refractivity contribution in [2.45, 2.75) is 63.3 Å². The van der Waals surface area contributed by atoms with Gasteiger partial charge in [0.25, 0.3) is 0 Å². The van der Waals surface area contributed by atoms with Gasteiger partial charge in [0.05, 0.1) is 23.7 Å². The minimum absolute atomic E-state index is 0.0335. The van der Waals surface area contributed by atoms with Crippen LogP contribution in [0.4, 0.5) is 0 Å². The first-order valence-corrected chi connectivity index (χ1v) is 8.34. The molecular weight excluding hydrogens is 268 g/mol.